The molecule has 0 bridgehead atoms. The number of phenols is 3. The molecule has 2 unspecified atom stereocenters. The summed E-state index contributed by atoms with van der Waals surface area (Å²) in [6, 6.07) is 4.28. The largest absolute Gasteiger partial charge is 0.507 e. The zero-order valence-corrected chi connectivity index (χ0v) is 18.6. The Kier molecular flexibility index (Phi) is 5.33. The molecule has 32 heavy (non-hydrogen) atoms. The molecule has 0 saturated carbocycles. The SMILES string of the molecule is CC(C)=CCc1c(O)c2c(c3c1OC(C(C)(C)O)C3)OC(c1ccc(O)c(O)c1)CC2=O. The van der Waals surface area contributed by atoms with E-state index in [2.05, 4.69) is 0 Å². The summed E-state index contributed by atoms with van der Waals surface area (Å²) in [5, 5.41) is 41.1. The summed E-state index contributed by atoms with van der Waals surface area (Å²) in [6.45, 7) is 7.20. The Hall–Kier alpha value is -3.19. The first-order valence-electron chi connectivity index (χ1n) is 10.6. The smallest absolute Gasteiger partial charge is 0.174 e. The number of phenolic OH excluding ortho intramolecular Hbond substituents is 3. The molecule has 2 atom stereocenters. The fourth-order valence-corrected chi connectivity index (χ4v) is 4.16. The maximum absolute atomic E-state index is 13.2. The van der Waals surface area contributed by atoms with Crippen LogP contribution in [-0.4, -0.2) is 37.9 Å². The summed E-state index contributed by atoms with van der Waals surface area (Å²) >= 11 is 0. The third-order valence-corrected chi connectivity index (χ3v) is 6.00. The number of rotatable bonds is 4. The van der Waals surface area contributed by atoms with E-state index in [0.717, 1.165) is 5.57 Å². The molecule has 2 aliphatic rings. The van der Waals surface area contributed by atoms with Gasteiger partial charge in [0.15, 0.2) is 17.3 Å². The monoisotopic (exact) mass is 440 g/mol. The second-order valence-electron chi connectivity index (χ2n) is 9.27. The number of allylic oxidation sites excluding steroid dienone is 2. The molecule has 0 amide bonds. The van der Waals surface area contributed by atoms with E-state index in [1.54, 1.807) is 19.9 Å². The Morgan fingerprint density at radius 2 is 1.81 bits per heavy atom. The van der Waals surface area contributed by atoms with Gasteiger partial charge in [0.05, 0.1) is 12.0 Å². The second-order valence-corrected chi connectivity index (χ2v) is 9.27. The molecule has 4 N–H and O–H groups in total. The number of aromatic hydroxyl groups is 3. The highest BCUT2D eigenvalue weighted by Crippen LogP contribution is 2.52. The van der Waals surface area contributed by atoms with Gasteiger partial charge in [-0.25, -0.2) is 0 Å². The highest BCUT2D eigenvalue weighted by Gasteiger charge is 2.43. The fourth-order valence-electron chi connectivity index (χ4n) is 4.16. The number of benzene rings is 2. The van der Waals surface area contributed by atoms with E-state index >= 15 is 0 Å². The van der Waals surface area contributed by atoms with E-state index < -0.39 is 17.8 Å². The lowest BCUT2D eigenvalue weighted by Crippen LogP contribution is -2.39. The number of fused-ring (bicyclic) bond motifs is 3. The zero-order valence-electron chi connectivity index (χ0n) is 18.6. The number of ether oxygens (including phenoxy) is 2. The van der Waals surface area contributed by atoms with Crippen LogP contribution in [0.2, 0.25) is 0 Å². The minimum absolute atomic E-state index is 0.0264. The molecule has 4 rings (SSSR count). The number of aliphatic hydroxyl groups is 1. The van der Waals surface area contributed by atoms with Gasteiger partial charge < -0.3 is 29.9 Å². The third kappa shape index (κ3) is 3.77. The van der Waals surface area contributed by atoms with E-state index in [0.29, 0.717) is 35.3 Å². The number of carbonyl (C=O) groups is 1. The molecule has 0 fully saturated rings. The summed E-state index contributed by atoms with van der Waals surface area (Å²) in [4.78, 5) is 13.2. The molecule has 0 aromatic heterocycles. The minimum Gasteiger partial charge on any atom is -0.507 e. The zero-order chi connectivity index (χ0) is 23.4. The molecule has 2 aliphatic heterocycles. The molecule has 0 saturated heterocycles. The molecule has 2 aromatic carbocycles. The summed E-state index contributed by atoms with van der Waals surface area (Å²) in [5.41, 5.74) is 1.71. The van der Waals surface area contributed by atoms with Crippen LogP contribution in [0.4, 0.5) is 0 Å². The van der Waals surface area contributed by atoms with Crippen molar-refractivity contribution >= 4 is 5.78 Å². The lowest BCUT2D eigenvalue weighted by molar-refractivity contribution is -0.0232. The van der Waals surface area contributed by atoms with Crippen molar-refractivity contribution < 1.29 is 34.7 Å². The van der Waals surface area contributed by atoms with Crippen LogP contribution < -0.4 is 9.47 Å². The molecule has 170 valence electrons. The van der Waals surface area contributed by atoms with Crippen LogP contribution in [0.15, 0.2) is 29.8 Å². The van der Waals surface area contributed by atoms with Crippen molar-refractivity contribution in [1.82, 2.24) is 0 Å². The lowest BCUT2D eigenvalue weighted by atomic mass is 9.88. The molecule has 2 heterocycles. The second kappa shape index (κ2) is 7.74. The minimum atomic E-state index is -1.14. The molecular formula is C25H28O7. The Bertz CT molecular complexity index is 1120. The van der Waals surface area contributed by atoms with Gasteiger partial charge in [-0.05, 0) is 51.8 Å². The van der Waals surface area contributed by atoms with Gasteiger partial charge in [0.1, 0.15) is 35.0 Å². The van der Waals surface area contributed by atoms with Crippen LogP contribution in [-0.2, 0) is 12.8 Å². The highest BCUT2D eigenvalue weighted by atomic mass is 16.5. The van der Waals surface area contributed by atoms with Gasteiger partial charge in [-0.1, -0.05) is 17.7 Å². The van der Waals surface area contributed by atoms with E-state index in [1.807, 2.05) is 19.9 Å². The van der Waals surface area contributed by atoms with Crippen LogP contribution in [0.3, 0.4) is 0 Å². The summed E-state index contributed by atoms with van der Waals surface area (Å²) in [7, 11) is 0. The lowest BCUT2D eigenvalue weighted by Gasteiger charge is -2.28. The Labute approximate surface area is 186 Å². The first-order chi connectivity index (χ1) is 15.0. The van der Waals surface area contributed by atoms with Crippen molar-refractivity contribution in [2.24, 2.45) is 0 Å². The van der Waals surface area contributed by atoms with Crippen molar-refractivity contribution in [3.8, 4) is 28.7 Å². The normalized spacial score (nSPS) is 19.6. The molecule has 7 nitrogen and oxygen atoms in total. The topological polar surface area (TPSA) is 116 Å². The van der Waals surface area contributed by atoms with Crippen LogP contribution in [0.25, 0.3) is 0 Å². The number of hydrogen-bond acceptors (Lipinski definition) is 7. The number of carbonyl (C=O) groups excluding carboxylic acids is 1. The predicted octanol–water partition coefficient (Wildman–Crippen LogP) is 4.09. The molecule has 0 radical (unpaired) electrons. The van der Waals surface area contributed by atoms with Gasteiger partial charge in [-0.2, -0.15) is 0 Å². The Morgan fingerprint density at radius 1 is 1.09 bits per heavy atom. The average molecular weight is 440 g/mol. The van der Waals surface area contributed by atoms with Gasteiger partial charge in [-0.3, -0.25) is 4.79 Å². The fraction of sp³-hybridized carbons (Fsp3) is 0.400. The van der Waals surface area contributed by atoms with Crippen LogP contribution >= 0.6 is 0 Å². The van der Waals surface area contributed by atoms with Crippen LogP contribution in [0, 0.1) is 0 Å². The molecule has 0 aliphatic carbocycles. The average Bonchev–Trinajstić information content (AvgIpc) is 3.15. The standard InChI is InChI=1S/C25H28O7/c1-12(2)5-7-14-22(29)21-18(28)11-19(13-6-8-16(26)17(27)9-13)31-24(21)15-10-20(25(3,4)30)32-23(14)15/h5-6,8-9,19-20,26-27,29-30H,7,10-11H2,1-4H3. The number of hydrogen-bond donors (Lipinski definition) is 4. The van der Waals surface area contributed by atoms with E-state index in [9.17, 15) is 25.2 Å². The van der Waals surface area contributed by atoms with E-state index in [-0.39, 0.29) is 40.8 Å². The first kappa shape index (κ1) is 22.0. The van der Waals surface area contributed by atoms with E-state index in [1.165, 1.54) is 12.1 Å². The highest BCUT2D eigenvalue weighted by molar-refractivity contribution is 6.04. The maximum atomic E-state index is 13.2. The Balaban J connectivity index is 1.84. The van der Waals surface area contributed by atoms with Crippen molar-refractivity contribution in [3.05, 3.63) is 52.1 Å². The van der Waals surface area contributed by atoms with Crippen molar-refractivity contribution in [2.45, 2.75) is 64.8 Å². The molecule has 2 aromatic rings. The van der Waals surface area contributed by atoms with E-state index in [4.69, 9.17) is 9.47 Å². The van der Waals surface area contributed by atoms with Gasteiger partial charge >= 0.3 is 0 Å². The van der Waals surface area contributed by atoms with Crippen molar-refractivity contribution in [2.75, 3.05) is 0 Å². The van der Waals surface area contributed by atoms with Crippen LogP contribution in [0.5, 0.6) is 28.7 Å². The maximum Gasteiger partial charge on any atom is 0.174 e. The van der Waals surface area contributed by atoms with Crippen molar-refractivity contribution in [1.29, 1.82) is 0 Å². The summed E-state index contributed by atoms with van der Waals surface area (Å²) in [6.07, 6.45) is 1.36. The number of ketones is 1. The third-order valence-electron chi connectivity index (χ3n) is 6.00. The van der Waals surface area contributed by atoms with Gasteiger partial charge in [0.2, 0.25) is 0 Å². The molecular weight excluding hydrogens is 412 g/mol. The van der Waals surface area contributed by atoms with Crippen LogP contribution in [0.1, 0.15) is 67.3 Å². The van der Waals surface area contributed by atoms with Gasteiger partial charge in [0.25, 0.3) is 0 Å². The van der Waals surface area contributed by atoms with Gasteiger partial charge in [0, 0.05) is 17.5 Å². The first-order valence-corrected chi connectivity index (χ1v) is 10.6. The quantitative estimate of drug-likeness (QED) is 0.418. The van der Waals surface area contributed by atoms with Gasteiger partial charge in [-0.15, -0.1) is 0 Å². The molecule has 7 heteroatoms. The summed E-state index contributed by atoms with van der Waals surface area (Å²) < 4.78 is 12.3. The summed E-state index contributed by atoms with van der Waals surface area (Å²) in [5.74, 6) is -0.328. The Morgan fingerprint density at radius 3 is 2.44 bits per heavy atom. The molecule has 0 spiro atoms. The predicted molar refractivity (Wildman–Crippen MR) is 118 cm³/mol. The number of Topliss-reactive ketones (excluding diaryl/α,β-unsaturated/α-hetero) is 1. The van der Waals surface area contributed by atoms with Crippen molar-refractivity contribution in [3.63, 3.8) is 0 Å².